The molecule has 3 rings (SSSR count). The third-order valence-corrected chi connectivity index (χ3v) is 3.62. The molecule has 0 bridgehead atoms. The average Bonchev–Trinajstić information content (AvgIpc) is 2.89. The van der Waals surface area contributed by atoms with E-state index in [1.165, 1.54) is 0 Å². The maximum atomic E-state index is 12.0. The molecule has 2 heterocycles. The number of carbonyl (C=O) groups is 2. The van der Waals surface area contributed by atoms with E-state index in [9.17, 15) is 9.59 Å². The third-order valence-electron chi connectivity index (χ3n) is 3.62. The van der Waals surface area contributed by atoms with E-state index >= 15 is 0 Å². The van der Waals surface area contributed by atoms with Gasteiger partial charge in [-0.3, -0.25) is 14.9 Å². The minimum atomic E-state index is -1.05. The highest BCUT2D eigenvalue weighted by molar-refractivity contribution is 6.10. The Bertz CT molecular complexity index is 611. The lowest BCUT2D eigenvalue weighted by molar-refractivity contribution is -0.153. The molecule has 2 amide bonds. The first kappa shape index (κ1) is 12.7. The van der Waals surface area contributed by atoms with E-state index in [-0.39, 0.29) is 12.3 Å². The predicted octanol–water partition coefficient (Wildman–Crippen LogP) is 0.995. The lowest BCUT2D eigenvalue weighted by Gasteiger charge is -2.28. The van der Waals surface area contributed by atoms with Crippen LogP contribution in [0.25, 0.3) is 0 Å². The number of methoxy groups -OCH3 is 1. The van der Waals surface area contributed by atoms with Crippen LogP contribution in [0, 0.1) is 0 Å². The van der Waals surface area contributed by atoms with Crippen LogP contribution >= 0.6 is 0 Å². The molecule has 0 radical (unpaired) electrons. The van der Waals surface area contributed by atoms with E-state index in [2.05, 4.69) is 10.5 Å². The SMILES string of the molecule is COc1ccccc1C1=NOC2(CCC(=O)NC2=O)C1. The molecule has 1 spiro atoms. The molecule has 1 aromatic carbocycles. The zero-order valence-electron chi connectivity index (χ0n) is 11.0. The normalized spacial score (nSPS) is 25.1. The first-order chi connectivity index (χ1) is 9.64. The first-order valence-corrected chi connectivity index (χ1v) is 6.37. The number of hydrogen-bond acceptors (Lipinski definition) is 5. The van der Waals surface area contributed by atoms with Gasteiger partial charge in [0.05, 0.1) is 12.8 Å². The fraction of sp³-hybridized carbons (Fsp3) is 0.357. The van der Waals surface area contributed by atoms with Crippen molar-refractivity contribution in [1.29, 1.82) is 0 Å². The van der Waals surface area contributed by atoms with Gasteiger partial charge in [-0.25, -0.2) is 0 Å². The third kappa shape index (κ3) is 1.93. The molecule has 0 aliphatic carbocycles. The van der Waals surface area contributed by atoms with E-state index in [0.717, 1.165) is 5.56 Å². The van der Waals surface area contributed by atoms with Crippen LogP contribution < -0.4 is 10.1 Å². The fourth-order valence-electron chi connectivity index (χ4n) is 2.49. The van der Waals surface area contributed by atoms with E-state index in [1.807, 2.05) is 24.3 Å². The van der Waals surface area contributed by atoms with Gasteiger partial charge in [-0.15, -0.1) is 0 Å². The van der Waals surface area contributed by atoms with E-state index < -0.39 is 11.5 Å². The molecule has 1 fully saturated rings. The zero-order chi connectivity index (χ0) is 14.2. The Balaban J connectivity index is 1.86. The second-order valence-corrected chi connectivity index (χ2v) is 4.88. The highest BCUT2D eigenvalue weighted by atomic mass is 16.7. The molecule has 6 heteroatoms. The molecule has 1 atom stereocenters. The van der Waals surface area contributed by atoms with Crippen molar-refractivity contribution in [2.75, 3.05) is 7.11 Å². The number of ether oxygens (including phenoxy) is 1. The predicted molar refractivity (Wildman–Crippen MR) is 70.3 cm³/mol. The molecule has 1 aromatic rings. The second kappa shape index (κ2) is 4.63. The lowest BCUT2D eigenvalue weighted by Crippen LogP contribution is -2.53. The largest absolute Gasteiger partial charge is 0.496 e. The van der Waals surface area contributed by atoms with Crippen LogP contribution in [0.15, 0.2) is 29.4 Å². The molecular weight excluding hydrogens is 260 g/mol. The molecule has 0 aromatic heterocycles. The number of nitrogens with one attached hydrogen (secondary N) is 1. The smallest absolute Gasteiger partial charge is 0.274 e. The standard InChI is InChI=1S/C14H14N2O4/c1-19-11-5-3-2-4-9(11)10-8-14(20-16-10)7-6-12(17)15-13(14)18/h2-5H,6-8H2,1H3,(H,15,17,18). The van der Waals surface area contributed by atoms with Gasteiger partial charge in [0.25, 0.3) is 5.91 Å². The maximum absolute atomic E-state index is 12.0. The van der Waals surface area contributed by atoms with Crippen molar-refractivity contribution >= 4 is 17.5 Å². The summed E-state index contributed by atoms with van der Waals surface area (Å²) in [4.78, 5) is 28.6. The Morgan fingerprint density at radius 2 is 2.15 bits per heavy atom. The molecular formula is C14H14N2O4. The number of carbonyl (C=O) groups excluding carboxylic acids is 2. The van der Waals surface area contributed by atoms with Gasteiger partial charge in [-0.05, 0) is 12.1 Å². The summed E-state index contributed by atoms with van der Waals surface area (Å²) in [5.41, 5.74) is 0.410. The summed E-state index contributed by atoms with van der Waals surface area (Å²) in [7, 11) is 1.58. The van der Waals surface area contributed by atoms with Crippen molar-refractivity contribution in [2.24, 2.45) is 5.16 Å². The summed E-state index contributed by atoms with van der Waals surface area (Å²) in [6.07, 6.45) is 0.951. The summed E-state index contributed by atoms with van der Waals surface area (Å²) in [6.45, 7) is 0. The molecule has 2 aliphatic heterocycles. The van der Waals surface area contributed by atoms with Crippen LogP contribution in [0.5, 0.6) is 5.75 Å². The van der Waals surface area contributed by atoms with Crippen LogP contribution in [0.3, 0.4) is 0 Å². The first-order valence-electron chi connectivity index (χ1n) is 6.37. The number of oxime groups is 1. The van der Waals surface area contributed by atoms with Gasteiger partial charge in [0.1, 0.15) is 5.75 Å². The molecule has 20 heavy (non-hydrogen) atoms. The summed E-state index contributed by atoms with van der Waals surface area (Å²) in [6, 6.07) is 7.43. The minimum Gasteiger partial charge on any atom is -0.496 e. The average molecular weight is 274 g/mol. The van der Waals surface area contributed by atoms with Crippen molar-refractivity contribution in [2.45, 2.75) is 24.9 Å². The fourth-order valence-corrected chi connectivity index (χ4v) is 2.49. The number of piperidine rings is 1. The van der Waals surface area contributed by atoms with Gasteiger partial charge < -0.3 is 9.57 Å². The number of nitrogens with zero attached hydrogens (tertiary/aromatic N) is 1. The van der Waals surface area contributed by atoms with Crippen molar-refractivity contribution in [3.05, 3.63) is 29.8 Å². The van der Waals surface area contributed by atoms with Gasteiger partial charge in [-0.1, -0.05) is 17.3 Å². The lowest BCUT2D eigenvalue weighted by atomic mass is 9.86. The van der Waals surface area contributed by atoms with Crippen molar-refractivity contribution < 1.29 is 19.2 Å². The van der Waals surface area contributed by atoms with E-state index in [0.29, 0.717) is 24.3 Å². The number of para-hydroxylation sites is 1. The summed E-state index contributed by atoms with van der Waals surface area (Å²) in [5, 5.41) is 6.34. The Labute approximate surface area is 115 Å². The van der Waals surface area contributed by atoms with Crippen LogP contribution in [0.4, 0.5) is 0 Å². The topological polar surface area (TPSA) is 77.0 Å². The molecule has 6 nitrogen and oxygen atoms in total. The Kier molecular flexibility index (Phi) is 2.93. The number of benzene rings is 1. The molecule has 0 saturated carbocycles. The van der Waals surface area contributed by atoms with Gasteiger partial charge in [0, 0.05) is 24.8 Å². The molecule has 104 valence electrons. The Morgan fingerprint density at radius 3 is 2.90 bits per heavy atom. The molecule has 1 saturated heterocycles. The monoisotopic (exact) mass is 274 g/mol. The van der Waals surface area contributed by atoms with Gasteiger partial charge in [-0.2, -0.15) is 0 Å². The molecule has 2 aliphatic rings. The van der Waals surface area contributed by atoms with Gasteiger partial charge in [0.2, 0.25) is 11.5 Å². The maximum Gasteiger partial charge on any atom is 0.274 e. The summed E-state index contributed by atoms with van der Waals surface area (Å²) in [5.74, 6) is -0.00319. The summed E-state index contributed by atoms with van der Waals surface area (Å²) >= 11 is 0. The van der Waals surface area contributed by atoms with Crippen LogP contribution in [-0.4, -0.2) is 30.2 Å². The molecule has 1 N–H and O–H groups in total. The highest BCUT2D eigenvalue weighted by Crippen LogP contribution is 2.35. The van der Waals surface area contributed by atoms with E-state index in [4.69, 9.17) is 9.57 Å². The van der Waals surface area contributed by atoms with Crippen molar-refractivity contribution in [3.63, 3.8) is 0 Å². The number of amides is 2. The Morgan fingerprint density at radius 1 is 1.35 bits per heavy atom. The highest BCUT2D eigenvalue weighted by Gasteiger charge is 2.50. The Hall–Kier alpha value is -2.37. The van der Waals surface area contributed by atoms with Crippen molar-refractivity contribution in [1.82, 2.24) is 5.32 Å². The van der Waals surface area contributed by atoms with E-state index in [1.54, 1.807) is 7.11 Å². The number of imide groups is 1. The second-order valence-electron chi connectivity index (χ2n) is 4.88. The number of rotatable bonds is 2. The zero-order valence-corrected chi connectivity index (χ0v) is 11.0. The quantitative estimate of drug-likeness (QED) is 0.816. The summed E-state index contributed by atoms with van der Waals surface area (Å²) < 4.78 is 5.29. The van der Waals surface area contributed by atoms with Gasteiger partial charge in [0.15, 0.2) is 0 Å². The van der Waals surface area contributed by atoms with Crippen molar-refractivity contribution in [3.8, 4) is 5.75 Å². The minimum absolute atomic E-state index is 0.264. The van der Waals surface area contributed by atoms with Gasteiger partial charge >= 0.3 is 0 Å². The number of hydrogen-bond donors (Lipinski definition) is 1. The molecule has 1 unspecified atom stereocenters. The van der Waals surface area contributed by atoms with Crippen LogP contribution in [0.2, 0.25) is 0 Å². The van der Waals surface area contributed by atoms with Crippen LogP contribution in [0.1, 0.15) is 24.8 Å². The van der Waals surface area contributed by atoms with Crippen LogP contribution in [-0.2, 0) is 14.4 Å².